The number of para-hydroxylation sites is 1. The number of carbonyl (C=O) groups excluding carboxylic acids is 1. The van der Waals surface area contributed by atoms with Crippen molar-refractivity contribution in [3.8, 4) is 0 Å². The Balaban J connectivity index is 1.79. The van der Waals surface area contributed by atoms with Crippen molar-refractivity contribution in [1.29, 1.82) is 0 Å². The standard InChI is InChI=1S/C14H18N2O3S/c1-15-20(18,19)13-5-3-2-4-12(13)16-14(17)11-7-9-6-10(9)8-11/h2-5,9-11,15H,6-8H2,1H3,(H,16,17). The molecule has 2 unspecified atom stereocenters. The lowest BCUT2D eigenvalue weighted by Gasteiger charge is -2.15. The fraction of sp³-hybridized carbons (Fsp3) is 0.500. The summed E-state index contributed by atoms with van der Waals surface area (Å²) in [5, 5.41) is 2.78. The van der Waals surface area contributed by atoms with Gasteiger partial charge in [-0.1, -0.05) is 12.1 Å². The molecule has 3 rings (SSSR count). The van der Waals surface area contributed by atoms with E-state index in [0.717, 1.165) is 24.7 Å². The van der Waals surface area contributed by atoms with Gasteiger partial charge < -0.3 is 5.32 Å². The smallest absolute Gasteiger partial charge is 0.242 e. The summed E-state index contributed by atoms with van der Waals surface area (Å²) in [5.41, 5.74) is 0.354. The van der Waals surface area contributed by atoms with E-state index in [1.807, 2.05) is 0 Å². The van der Waals surface area contributed by atoms with Crippen LogP contribution in [0.3, 0.4) is 0 Å². The molecule has 5 nitrogen and oxygen atoms in total. The van der Waals surface area contributed by atoms with Gasteiger partial charge in [0.2, 0.25) is 15.9 Å². The SMILES string of the molecule is CNS(=O)(=O)c1ccccc1NC(=O)C1CC2CC2C1. The molecule has 2 saturated carbocycles. The molecule has 2 aliphatic carbocycles. The van der Waals surface area contributed by atoms with Crippen molar-refractivity contribution in [2.45, 2.75) is 24.2 Å². The molecular weight excluding hydrogens is 276 g/mol. The first-order chi connectivity index (χ1) is 9.51. The summed E-state index contributed by atoms with van der Waals surface area (Å²) in [5.74, 6) is 1.42. The summed E-state index contributed by atoms with van der Waals surface area (Å²) < 4.78 is 26.1. The minimum atomic E-state index is -3.56. The Morgan fingerprint density at radius 1 is 1.15 bits per heavy atom. The van der Waals surface area contributed by atoms with Gasteiger partial charge in [-0.2, -0.15) is 0 Å². The van der Waals surface area contributed by atoms with Gasteiger partial charge in [0.05, 0.1) is 5.69 Å². The number of carbonyl (C=O) groups is 1. The van der Waals surface area contributed by atoms with Crippen molar-refractivity contribution in [3.63, 3.8) is 0 Å². The van der Waals surface area contributed by atoms with Crippen LogP contribution in [0.5, 0.6) is 0 Å². The van der Waals surface area contributed by atoms with Gasteiger partial charge in [-0.3, -0.25) is 4.79 Å². The maximum Gasteiger partial charge on any atom is 0.242 e. The van der Waals surface area contributed by atoms with Crippen molar-refractivity contribution in [2.24, 2.45) is 17.8 Å². The van der Waals surface area contributed by atoms with E-state index < -0.39 is 10.0 Å². The molecule has 0 bridgehead atoms. The zero-order valence-electron chi connectivity index (χ0n) is 11.3. The minimum Gasteiger partial charge on any atom is -0.325 e. The van der Waals surface area contributed by atoms with E-state index in [-0.39, 0.29) is 16.7 Å². The van der Waals surface area contributed by atoms with Gasteiger partial charge >= 0.3 is 0 Å². The maximum atomic E-state index is 12.2. The third kappa shape index (κ3) is 2.45. The predicted molar refractivity (Wildman–Crippen MR) is 75.6 cm³/mol. The van der Waals surface area contributed by atoms with Crippen LogP contribution in [0.4, 0.5) is 5.69 Å². The number of rotatable bonds is 4. The molecule has 0 aromatic heterocycles. The van der Waals surface area contributed by atoms with E-state index in [1.165, 1.54) is 19.5 Å². The van der Waals surface area contributed by atoms with Crippen LogP contribution in [0.15, 0.2) is 29.2 Å². The Morgan fingerprint density at radius 2 is 1.80 bits per heavy atom. The number of hydrogen-bond donors (Lipinski definition) is 2. The molecule has 0 heterocycles. The summed E-state index contributed by atoms with van der Waals surface area (Å²) in [6.07, 6.45) is 3.14. The van der Waals surface area contributed by atoms with Crippen LogP contribution < -0.4 is 10.0 Å². The molecule has 0 saturated heterocycles. The molecule has 0 aliphatic heterocycles. The van der Waals surface area contributed by atoms with E-state index >= 15 is 0 Å². The van der Waals surface area contributed by atoms with E-state index in [1.54, 1.807) is 18.2 Å². The molecule has 2 fully saturated rings. The van der Waals surface area contributed by atoms with Crippen molar-refractivity contribution in [1.82, 2.24) is 4.72 Å². The third-order valence-corrected chi connectivity index (χ3v) is 5.79. The number of benzene rings is 1. The van der Waals surface area contributed by atoms with Gasteiger partial charge in [0.15, 0.2) is 0 Å². The second-order valence-electron chi connectivity index (χ2n) is 5.62. The van der Waals surface area contributed by atoms with Gasteiger partial charge in [0.1, 0.15) is 4.90 Å². The maximum absolute atomic E-state index is 12.2. The average Bonchev–Trinajstić information content (AvgIpc) is 3.05. The van der Waals surface area contributed by atoms with Crippen molar-refractivity contribution < 1.29 is 13.2 Å². The summed E-state index contributed by atoms with van der Waals surface area (Å²) >= 11 is 0. The number of nitrogens with one attached hydrogen (secondary N) is 2. The van der Waals surface area contributed by atoms with Gasteiger partial charge in [-0.15, -0.1) is 0 Å². The quantitative estimate of drug-likeness (QED) is 0.885. The number of fused-ring (bicyclic) bond motifs is 1. The van der Waals surface area contributed by atoms with Crippen molar-refractivity contribution in [3.05, 3.63) is 24.3 Å². The number of hydrogen-bond acceptors (Lipinski definition) is 3. The second kappa shape index (κ2) is 4.86. The Morgan fingerprint density at radius 3 is 2.45 bits per heavy atom. The number of sulfonamides is 1. The first-order valence-corrected chi connectivity index (χ1v) is 8.33. The molecule has 108 valence electrons. The van der Waals surface area contributed by atoms with Crippen LogP contribution in [0.25, 0.3) is 0 Å². The topological polar surface area (TPSA) is 75.3 Å². The lowest BCUT2D eigenvalue weighted by atomic mass is 10.0. The summed E-state index contributed by atoms with van der Waals surface area (Å²) in [4.78, 5) is 12.3. The van der Waals surface area contributed by atoms with Gasteiger partial charge in [0, 0.05) is 5.92 Å². The van der Waals surface area contributed by atoms with Crippen LogP contribution in [-0.4, -0.2) is 21.4 Å². The monoisotopic (exact) mass is 294 g/mol. The highest BCUT2D eigenvalue weighted by Gasteiger charge is 2.48. The molecular formula is C14H18N2O3S. The summed E-state index contributed by atoms with van der Waals surface area (Å²) in [6, 6.07) is 6.48. The third-order valence-electron chi connectivity index (χ3n) is 4.32. The van der Waals surface area contributed by atoms with Crippen LogP contribution in [0.2, 0.25) is 0 Å². The van der Waals surface area contributed by atoms with E-state index in [0.29, 0.717) is 5.69 Å². The second-order valence-corrected chi connectivity index (χ2v) is 7.47. The van der Waals surface area contributed by atoms with Crippen molar-refractivity contribution >= 4 is 21.6 Å². The van der Waals surface area contributed by atoms with Crippen LogP contribution >= 0.6 is 0 Å². The highest BCUT2D eigenvalue weighted by atomic mass is 32.2. The molecule has 6 heteroatoms. The molecule has 0 spiro atoms. The summed E-state index contributed by atoms with van der Waals surface area (Å²) in [7, 11) is -2.21. The molecule has 1 amide bonds. The normalized spacial score (nSPS) is 27.9. The molecule has 2 N–H and O–H groups in total. The van der Waals surface area contributed by atoms with Crippen molar-refractivity contribution in [2.75, 3.05) is 12.4 Å². The molecule has 20 heavy (non-hydrogen) atoms. The molecule has 1 aromatic carbocycles. The van der Waals surface area contributed by atoms with Crippen LogP contribution in [0.1, 0.15) is 19.3 Å². The molecule has 2 aliphatic rings. The molecule has 0 radical (unpaired) electrons. The van der Waals surface area contributed by atoms with E-state index in [2.05, 4.69) is 10.0 Å². The fourth-order valence-corrected chi connectivity index (χ4v) is 3.96. The minimum absolute atomic E-state index is 0.0316. The lowest BCUT2D eigenvalue weighted by Crippen LogP contribution is -2.25. The van der Waals surface area contributed by atoms with Gasteiger partial charge in [-0.25, -0.2) is 13.1 Å². The zero-order valence-corrected chi connectivity index (χ0v) is 12.1. The van der Waals surface area contributed by atoms with Gasteiger partial charge in [-0.05, 0) is 50.3 Å². The Kier molecular flexibility index (Phi) is 3.30. The Hall–Kier alpha value is -1.40. The largest absolute Gasteiger partial charge is 0.325 e. The Bertz CT molecular complexity index is 632. The lowest BCUT2D eigenvalue weighted by molar-refractivity contribution is -0.120. The molecule has 1 aromatic rings. The highest BCUT2D eigenvalue weighted by Crippen LogP contribution is 2.54. The van der Waals surface area contributed by atoms with Gasteiger partial charge in [0.25, 0.3) is 0 Å². The van der Waals surface area contributed by atoms with E-state index in [4.69, 9.17) is 0 Å². The van der Waals surface area contributed by atoms with Crippen LogP contribution in [-0.2, 0) is 14.8 Å². The Labute approximate surface area is 118 Å². The van der Waals surface area contributed by atoms with Crippen LogP contribution in [0, 0.1) is 17.8 Å². The van der Waals surface area contributed by atoms with E-state index in [9.17, 15) is 13.2 Å². The molecule has 2 atom stereocenters. The summed E-state index contributed by atoms with van der Waals surface area (Å²) in [6.45, 7) is 0. The number of anilines is 1. The number of amides is 1. The average molecular weight is 294 g/mol. The highest BCUT2D eigenvalue weighted by molar-refractivity contribution is 7.89. The first kappa shape index (κ1) is 13.6. The zero-order chi connectivity index (χ0) is 14.3. The predicted octanol–water partition coefficient (Wildman–Crippen LogP) is 1.58. The first-order valence-electron chi connectivity index (χ1n) is 6.84. The fourth-order valence-electron chi connectivity index (χ4n) is 3.08.